The Hall–Kier alpha value is -7.82. The quantitative estimate of drug-likeness (QED) is 0.105. The molecule has 0 aliphatic rings. The van der Waals surface area contributed by atoms with E-state index in [-0.39, 0.29) is 13.1 Å². The Bertz CT molecular complexity index is 3020. The minimum absolute atomic E-state index is 0.199. The number of benzene rings is 7. The van der Waals surface area contributed by atoms with Crippen LogP contribution in [0.4, 0.5) is 5.69 Å². The zero-order valence-electron chi connectivity index (χ0n) is 35.0. The monoisotopic (exact) mass is 905 g/mol. The third kappa shape index (κ3) is 9.47. The first-order chi connectivity index (χ1) is 31.3. The summed E-state index contributed by atoms with van der Waals surface area (Å²) in [5.74, 6) is -0.409. The van der Waals surface area contributed by atoms with E-state index in [9.17, 15) is 14.7 Å². The highest BCUT2D eigenvalue weighted by molar-refractivity contribution is 9.10. The Kier molecular flexibility index (Phi) is 13.3. The number of carboxylic acid groups (broad SMARTS) is 2. The van der Waals surface area contributed by atoms with Crippen molar-refractivity contribution in [3.63, 3.8) is 0 Å². The van der Waals surface area contributed by atoms with E-state index in [0.29, 0.717) is 17.2 Å². The summed E-state index contributed by atoms with van der Waals surface area (Å²) in [4.78, 5) is 33.3. The molecule has 0 fully saturated rings. The van der Waals surface area contributed by atoms with Gasteiger partial charge in [0.15, 0.2) is 0 Å². The first-order valence-corrected chi connectivity index (χ1v) is 21.6. The van der Waals surface area contributed by atoms with E-state index in [2.05, 4.69) is 99.5 Å². The van der Waals surface area contributed by atoms with Gasteiger partial charge in [0.05, 0.1) is 22.8 Å². The third-order valence-electron chi connectivity index (χ3n) is 10.6. The number of hydrogen-bond acceptors (Lipinski definition) is 5. The van der Waals surface area contributed by atoms with Gasteiger partial charge < -0.3 is 24.7 Å². The zero-order valence-corrected chi connectivity index (χ0v) is 36.6. The first-order valence-electron chi connectivity index (χ1n) is 20.9. The number of nitrogens with one attached hydrogen (secondary N) is 1. The molecule has 0 amide bonds. The number of aliphatic carboxylic acids is 2. The Balaban J connectivity index is 0.000000188. The van der Waals surface area contributed by atoms with Crippen LogP contribution in [0.5, 0.6) is 0 Å². The van der Waals surface area contributed by atoms with Gasteiger partial charge in [-0.05, 0) is 36.2 Å². The molecule has 9 rings (SSSR count). The molecule has 0 saturated heterocycles. The summed E-state index contributed by atoms with van der Waals surface area (Å²) in [6, 6.07) is 63.8. The van der Waals surface area contributed by atoms with Crippen LogP contribution in [-0.2, 0) is 22.7 Å². The summed E-state index contributed by atoms with van der Waals surface area (Å²) in [5.41, 5.74) is 11.9. The Morgan fingerprint density at radius 2 is 0.938 bits per heavy atom. The van der Waals surface area contributed by atoms with Gasteiger partial charge in [0.1, 0.15) is 24.7 Å². The predicted molar refractivity (Wildman–Crippen MR) is 260 cm³/mol. The van der Waals surface area contributed by atoms with Crippen LogP contribution in [0.2, 0.25) is 0 Å². The number of carbonyl (C=O) groups is 2. The highest BCUT2D eigenvalue weighted by Gasteiger charge is 2.25. The number of anilines is 1. The maximum Gasteiger partial charge on any atom is 0.323 e. The molecule has 0 unspecified atom stereocenters. The van der Waals surface area contributed by atoms with Gasteiger partial charge in [-0.3, -0.25) is 9.59 Å². The molecule has 0 atom stereocenters. The average molecular weight is 907 g/mol. The molecule has 64 heavy (non-hydrogen) atoms. The summed E-state index contributed by atoms with van der Waals surface area (Å²) < 4.78 is 5.11. The van der Waals surface area contributed by atoms with Gasteiger partial charge in [0.2, 0.25) is 0 Å². The molecule has 0 spiro atoms. The van der Waals surface area contributed by atoms with Gasteiger partial charge >= 0.3 is 11.9 Å². The number of rotatable bonds is 13. The normalized spacial score (nSPS) is 10.8. The van der Waals surface area contributed by atoms with Crippen LogP contribution in [0.15, 0.2) is 199 Å². The molecule has 316 valence electrons. The number of imidazole rings is 2. The molecular weight excluding hydrogens is 863 g/mol. The molecule has 0 bridgehead atoms. The lowest BCUT2D eigenvalue weighted by Crippen LogP contribution is -2.12. The third-order valence-corrected chi connectivity index (χ3v) is 11.3. The second-order valence-corrected chi connectivity index (χ2v) is 15.7. The number of nitrogens with zero attached hydrogens (tertiary/aromatic N) is 4. The topological polar surface area (TPSA) is 122 Å². The number of carboxylic acids is 2. The van der Waals surface area contributed by atoms with E-state index in [1.165, 1.54) is 5.56 Å². The van der Waals surface area contributed by atoms with Gasteiger partial charge in [-0.1, -0.05) is 192 Å². The van der Waals surface area contributed by atoms with Gasteiger partial charge in [0.25, 0.3) is 0 Å². The van der Waals surface area contributed by atoms with E-state index in [1.54, 1.807) is 10.6 Å². The smallest absolute Gasteiger partial charge is 0.323 e. The predicted octanol–water partition coefficient (Wildman–Crippen LogP) is 12.8. The minimum Gasteiger partial charge on any atom is -0.480 e. The molecular formula is C54H44BrN5O4. The lowest BCUT2D eigenvalue weighted by Gasteiger charge is -2.14. The lowest BCUT2D eigenvalue weighted by molar-refractivity contribution is -0.138. The van der Waals surface area contributed by atoms with Crippen LogP contribution in [-0.4, -0.2) is 47.8 Å². The summed E-state index contributed by atoms with van der Waals surface area (Å²) >= 11 is 3.69. The van der Waals surface area contributed by atoms with Crippen LogP contribution in [0, 0.1) is 0 Å². The van der Waals surface area contributed by atoms with E-state index in [1.807, 2.05) is 121 Å². The Labute approximate surface area is 380 Å². The van der Waals surface area contributed by atoms with Crippen molar-refractivity contribution in [2.75, 3.05) is 11.9 Å². The van der Waals surface area contributed by atoms with E-state index in [4.69, 9.17) is 15.1 Å². The van der Waals surface area contributed by atoms with E-state index < -0.39 is 11.9 Å². The van der Waals surface area contributed by atoms with Gasteiger partial charge in [-0.2, -0.15) is 0 Å². The van der Waals surface area contributed by atoms with Crippen molar-refractivity contribution in [3.05, 3.63) is 199 Å². The second kappa shape index (κ2) is 19.9. The van der Waals surface area contributed by atoms with Crippen molar-refractivity contribution in [1.29, 1.82) is 0 Å². The standard InChI is InChI=1S/C31H25N3O4.C23H19BrN2/c35-27(36)19-32-24-15-9-14-23(18-24)25-16-7-8-17-26(25)31-33-29(21-10-3-1-4-11-21)30(34(31)20-28(37)38)22-12-5-2-6-13-22;1-2-26-22(18-13-7-4-8-14-18)21(17-11-5-3-6-12-17)25-23(26)19-15-9-10-16-20(19)24/h1-18,32H,19-20H2,(H,35,36)(H,37,38);3-16H,2H2,1H3. The van der Waals surface area contributed by atoms with Gasteiger partial charge in [-0.25, -0.2) is 9.97 Å². The SMILES string of the molecule is CCn1c(-c2ccccc2Br)nc(-c2ccccc2)c1-c1ccccc1.O=C(O)CNc1cccc(-c2ccccc2-c2nc(-c3ccccc3)c(-c3ccccc3)n2CC(=O)O)c1. The summed E-state index contributed by atoms with van der Waals surface area (Å²) in [6.07, 6.45) is 0. The van der Waals surface area contributed by atoms with Crippen LogP contribution in [0.25, 0.3) is 78.9 Å². The van der Waals surface area contributed by atoms with Crippen molar-refractivity contribution in [2.24, 2.45) is 0 Å². The molecule has 9 nitrogen and oxygen atoms in total. The van der Waals surface area contributed by atoms with Crippen LogP contribution in [0.3, 0.4) is 0 Å². The number of aromatic nitrogens is 4. The average Bonchev–Trinajstić information content (AvgIpc) is 3.91. The van der Waals surface area contributed by atoms with Crippen molar-refractivity contribution in [1.82, 2.24) is 19.1 Å². The molecule has 9 aromatic rings. The lowest BCUT2D eigenvalue weighted by atomic mass is 9.98. The molecule has 10 heteroatoms. The highest BCUT2D eigenvalue weighted by Crippen LogP contribution is 2.41. The molecule has 7 aromatic carbocycles. The second-order valence-electron chi connectivity index (χ2n) is 14.8. The largest absolute Gasteiger partial charge is 0.480 e. The van der Waals surface area contributed by atoms with E-state index >= 15 is 0 Å². The minimum atomic E-state index is -0.974. The molecule has 2 heterocycles. The molecule has 3 N–H and O–H groups in total. The fourth-order valence-electron chi connectivity index (χ4n) is 7.83. The molecule has 2 aromatic heterocycles. The number of halogens is 1. The fraction of sp³-hybridized carbons (Fsp3) is 0.0741. The summed E-state index contributed by atoms with van der Waals surface area (Å²) in [5, 5.41) is 21.9. The van der Waals surface area contributed by atoms with Crippen molar-refractivity contribution < 1.29 is 19.8 Å². The van der Waals surface area contributed by atoms with Crippen LogP contribution in [0.1, 0.15) is 6.92 Å². The van der Waals surface area contributed by atoms with Crippen molar-refractivity contribution in [3.8, 4) is 78.9 Å². The fourth-order valence-corrected chi connectivity index (χ4v) is 8.29. The Morgan fingerprint density at radius 1 is 0.500 bits per heavy atom. The maximum absolute atomic E-state index is 12.1. The van der Waals surface area contributed by atoms with Crippen molar-refractivity contribution in [2.45, 2.75) is 20.0 Å². The zero-order chi connectivity index (χ0) is 44.4. The summed E-state index contributed by atoms with van der Waals surface area (Å²) in [7, 11) is 0. The highest BCUT2D eigenvalue weighted by atomic mass is 79.9. The van der Waals surface area contributed by atoms with Crippen LogP contribution < -0.4 is 5.32 Å². The Morgan fingerprint density at radius 3 is 1.44 bits per heavy atom. The maximum atomic E-state index is 12.1. The van der Waals surface area contributed by atoms with Crippen molar-refractivity contribution >= 4 is 33.6 Å². The summed E-state index contributed by atoms with van der Waals surface area (Å²) in [6.45, 7) is 2.55. The van der Waals surface area contributed by atoms with E-state index in [0.717, 1.165) is 72.9 Å². The molecule has 0 saturated carbocycles. The van der Waals surface area contributed by atoms with Gasteiger partial charge in [0, 0.05) is 50.1 Å². The van der Waals surface area contributed by atoms with Crippen LogP contribution >= 0.6 is 15.9 Å². The molecule has 0 aliphatic carbocycles. The first kappa shape index (κ1) is 42.9. The molecule has 0 radical (unpaired) electrons. The van der Waals surface area contributed by atoms with Gasteiger partial charge in [-0.15, -0.1) is 0 Å². The molecule has 0 aliphatic heterocycles. The number of hydrogen-bond donors (Lipinski definition) is 3.